The quantitative estimate of drug-likeness (QED) is 0.555. The molecule has 4 rings (SSSR count). The molecule has 0 spiro atoms. The number of aromatic nitrogens is 2. The van der Waals surface area contributed by atoms with Gasteiger partial charge in [-0.1, -0.05) is 17.7 Å². The van der Waals surface area contributed by atoms with Gasteiger partial charge in [-0.3, -0.25) is 9.59 Å². The molecule has 2 amide bonds. The van der Waals surface area contributed by atoms with Crippen molar-refractivity contribution >= 4 is 40.1 Å². The van der Waals surface area contributed by atoms with Gasteiger partial charge in [-0.15, -0.1) is 0 Å². The summed E-state index contributed by atoms with van der Waals surface area (Å²) in [6, 6.07) is 7.38. The van der Waals surface area contributed by atoms with Crippen molar-refractivity contribution in [3.05, 3.63) is 58.9 Å². The fourth-order valence-corrected chi connectivity index (χ4v) is 4.18. The van der Waals surface area contributed by atoms with Crippen LogP contribution in [0.1, 0.15) is 15.9 Å². The summed E-state index contributed by atoms with van der Waals surface area (Å²) >= 11 is 6.15. The number of hydrogen-bond donors (Lipinski definition) is 0. The number of rotatable bonds is 4. The summed E-state index contributed by atoms with van der Waals surface area (Å²) in [6.07, 6.45) is -1.54. The molecule has 1 aliphatic heterocycles. The van der Waals surface area contributed by atoms with Gasteiger partial charge < -0.3 is 19.3 Å². The minimum Gasteiger partial charge on any atom is -0.353 e. The molecule has 0 radical (unpaired) electrons. The van der Waals surface area contributed by atoms with E-state index in [0.29, 0.717) is 21.5 Å². The summed E-state index contributed by atoms with van der Waals surface area (Å²) < 4.78 is 41.8. The van der Waals surface area contributed by atoms with Crippen LogP contribution >= 0.6 is 11.6 Å². The van der Waals surface area contributed by atoms with Gasteiger partial charge in [-0.2, -0.15) is 13.2 Å². The number of pyridine rings is 1. The third kappa shape index (κ3) is 4.68. The molecule has 1 aliphatic rings. The van der Waals surface area contributed by atoms with Crippen LogP contribution < -0.4 is 4.90 Å². The second kappa shape index (κ2) is 9.17. The average molecular weight is 494 g/mol. The lowest BCUT2D eigenvalue weighted by molar-refractivity contribution is -0.137. The number of piperazine rings is 1. The Kier molecular flexibility index (Phi) is 6.44. The van der Waals surface area contributed by atoms with E-state index in [4.69, 9.17) is 11.6 Å². The van der Waals surface area contributed by atoms with Crippen molar-refractivity contribution in [3.8, 4) is 0 Å². The van der Waals surface area contributed by atoms with Crippen molar-refractivity contribution in [2.24, 2.45) is 0 Å². The van der Waals surface area contributed by atoms with Gasteiger partial charge >= 0.3 is 6.18 Å². The van der Waals surface area contributed by atoms with E-state index < -0.39 is 11.7 Å². The second-order valence-corrected chi connectivity index (χ2v) is 8.71. The zero-order valence-corrected chi connectivity index (χ0v) is 19.4. The number of alkyl halides is 3. The van der Waals surface area contributed by atoms with Gasteiger partial charge in [0.2, 0.25) is 5.91 Å². The van der Waals surface area contributed by atoms with Crippen LogP contribution in [0.5, 0.6) is 0 Å². The maximum absolute atomic E-state index is 13.4. The van der Waals surface area contributed by atoms with Gasteiger partial charge in [0.15, 0.2) is 0 Å². The molecule has 180 valence electrons. The molecule has 0 bridgehead atoms. The first kappa shape index (κ1) is 23.9. The molecule has 11 heteroatoms. The Morgan fingerprint density at radius 2 is 1.82 bits per heavy atom. The summed E-state index contributed by atoms with van der Waals surface area (Å²) in [4.78, 5) is 34.2. The molecule has 34 heavy (non-hydrogen) atoms. The van der Waals surface area contributed by atoms with Crippen LogP contribution in [-0.2, 0) is 17.5 Å². The lowest BCUT2D eigenvalue weighted by Crippen LogP contribution is -2.49. The lowest BCUT2D eigenvalue weighted by Gasteiger charge is -2.36. The van der Waals surface area contributed by atoms with E-state index in [1.54, 1.807) is 52.9 Å². The number of anilines is 1. The van der Waals surface area contributed by atoms with E-state index in [-0.39, 0.29) is 50.4 Å². The molecule has 1 aromatic carbocycles. The molecular formula is C23H23ClF3N5O2. The third-order valence-corrected chi connectivity index (χ3v) is 6.07. The molecule has 0 saturated carbocycles. The number of halogens is 4. The van der Waals surface area contributed by atoms with Crippen molar-refractivity contribution in [1.82, 2.24) is 19.4 Å². The smallest absolute Gasteiger partial charge is 0.353 e. The lowest BCUT2D eigenvalue weighted by atomic mass is 10.1. The van der Waals surface area contributed by atoms with Crippen LogP contribution in [0, 0.1) is 0 Å². The minimum absolute atomic E-state index is 0.0464. The Balaban J connectivity index is 1.56. The number of amides is 2. The van der Waals surface area contributed by atoms with E-state index in [9.17, 15) is 22.8 Å². The van der Waals surface area contributed by atoms with Gasteiger partial charge in [-0.05, 0) is 24.3 Å². The van der Waals surface area contributed by atoms with E-state index in [0.717, 1.165) is 6.07 Å². The zero-order valence-electron chi connectivity index (χ0n) is 18.6. The van der Waals surface area contributed by atoms with Gasteiger partial charge in [0.25, 0.3) is 5.91 Å². The Morgan fingerprint density at radius 1 is 1.12 bits per heavy atom. The summed E-state index contributed by atoms with van der Waals surface area (Å²) in [5.74, 6) is -0.518. The first-order valence-electron chi connectivity index (χ1n) is 10.6. The zero-order chi connectivity index (χ0) is 24.6. The van der Waals surface area contributed by atoms with Gasteiger partial charge in [0.1, 0.15) is 12.4 Å². The van der Waals surface area contributed by atoms with Crippen LogP contribution in [0.25, 0.3) is 10.9 Å². The highest BCUT2D eigenvalue weighted by molar-refractivity contribution is 6.31. The van der Waals surface area contributed by atoms with Crippen LogP contribution in [0.15, 0.2) is 42.7 Å². The fraction of sp³-hybridized carbons (Fsp3) is 0.348. The van der Waals surface area contributed by atoms with Crippen molar-refractivity contribution in [1.29, 1.82) is 0 Å². The number of benzene rings is 1. The third-order valence-electron chi connectivity index (χ3n) is 5.84. The maximum Gasteiger partial charge on any atom is 0.419 e. The van der Waals surface area contributed by atoms with Crippen molar-refractivity contribution in [2.75, 3.05) is 45.2 Å². The maximum atomic E-state index is 13.4. The number of likely N-dealkylation sites (N-methyl/N-ethyl adjacent to an activating group) is 1. The molecule has 7 nitrogen and oxygen atoms in total. The first-order chi connectivity index (χ1) is 16.1. The van der Waals surface area contributed by atoms with Crippen LogP contribution in [-0.4, -0.2) is 71.4 Å². The summed E-state index contributed by atoms with van der Waals surface area (Å²) in [7, 11) is 3.30. The molecule has 3 aromatic rings. The Bertz CT molecular complexity index is 1230. The van der Waals surface area contributed by atoms with E-state index in [1.165, 1.54) is 17.2 Å². The first-order valence-corrected chi connectivity index (χ1v) is 11.0. The summed E-state index contributed by atoms with van der Waals surface area (Å²) in [5.41, 5.74) is 0.286. The molecule has 3 heterocycles. The highest BCUT2D eigenvalue weighted by Gasteiger charge is 2.36. The van der Waals surface area contributed by atoms with Gasteiger partial charge in [0.05, 0.1) is 16.6 Å². The topological polar surface area (TPSA) is 61.7 Å². The SMILES string of the molecule is CN(C)C(=O)Cn1cc(C(=O)N2CCN(c3ncccc3C(F)(F)F)CC2)c2ccc(Cl)cc21. The van der Waals surface area contributed by atoms with Crippen molar-refractivity contribution < 1.29 is 22.8 Å². The predicted molar refractivity (Wildman–Crippen MR) is 123 cm³/mol. The van der Waals surface area contributed by atoms with Crippen molar-refractivity contribution in [3.63, 3.8) is 0 Å². The number of carbonyl (C=O) groups is 2. The predicted octanol–water partition coefficient (Wildman–Crippen LogP) is 3.76. The number of nitrogens with zero attached hydrogens (tertiary/aromatic N) is 5. The van der Waals surface area contributed by atoms with Gasteiger partial charge in [0, 0.05) is 63.1 Å². The monoisotopic (exact) mass is 493 g/mol. The largest absolute Gasteiger partial charge is 0.419 e. The minimum atomic E-state index is -4.51. The number of hydrogen-bond acceptors (Lipinski definition) is 4. The molecule has 0 unspecified atom stereocenters. The molecule has 0 N–H and O–H groups in total. The second-order valence-electron chi connectivity index (χ2n) is 8.27. The fourth-order valence-electron chi connectivity index (χ4n) is 4.02. The van der Waals surface area contributed by atoms with Crippen LogP contribution in [0.3, 0.4) is 0 Å². The van der Waals surface area contributed by atoms with E-state index in [1.807, 2.05) is 0 Å². The number of carbonyl (C=O) groups excluding carboxylic acids is 2. The Labute approximate surface area is 199 Å². The molecular weight excluding hydrogens is 471 g/mol. The normalized spacial score (nSPS) is 14.5. The molecule has 0 atom stereocenters. The number of fused-ring (bicyclic) bond motifs is 1. The standard InChI is InChI=1S/C23H23ClF3N5O2/c1-29(2)20(33)14-32-13-17(16-6-5-15(24)12-19(16)32)22(34)31-10-8-30(9-11-31)21-18(23(25,26)27)4-3-7-28-21/h3-7,12-13H,8-11,14H2,1-2H3. The highest BCUT2D eigenvalue weighted by atomic mass is 35.5. The van der Waals surface area contributed by atoms with Crippen LogP contribution in [0.2, 0.25) is 5.02 Å². The van der Waals surface area contributed by atoms with Crippen molar-refractivity contribution in [2.45, 2.75) is 12.7 Å². The summed E-state index contributed by atoms with van der Waals surface area (Å²) in [6.45, 7) is 0.961. The highest BCUT2D eigenvalue weighted by Crippen LogP contribution is 2.35. The molecule has 0 aliphatic carbocycles. The van der Waals surface area contributed by atoms with Gasteiger partial charge in [-0.25, -0.2) is 4.98 Å². The van der Waals surface area contributed by atoms with E-state index in [2.05, 4.69) is 4.98 Å². The molecule has 2 aromatic heterocycles. The van der Waals surface area contributed by atoms with Crippen LogP contribution in [0.4, 0.5) is 19.0 Å². The Morgan fingerprint density at radius 3 is 2.47 bits per heavy atom. The molecule has 1 saturated heterocycles. The molecule has 1 fully saturated rings. The summed E-state index contributed by atoms with van der Waals surface area (Å²) in [5, 5.41) is 1.14. The Hall–Kier alpha value is -3.27. The average Bonchev–Trinajstić information content (AvgIpc) is 3.15. The van der Waals surface area contributed by atoms with E-state index >= 15 is 0 Å².